The van der Waals surface area contributed by atoms with Gasteiger partial charge in [0.05, 0.1) is 0 Å². The summed E-state index contributed by atoms with van der Waals surface area (Å²) in [5, 5.41) is 7.35. The Morgan fingerprint density at radius 3 is 2.59 bits per heavy atom. The Kier molecular flexibility index (Phi) is 5.27. The zero-order valence-electron chi connectivity index (χ0n) is 18.2. The fraction of sp³-hybridized carbons (Fsp3) is 0.231. The van der Waals surface area contributed by atoms with E-state index < -0.39 is 0 Å². The van der Waals surface area contributed by atoms with Crippen molar-refractivity contribution in [1.29, 1.82) is 0 Å². The van der Waals surface area contributed by atoms with Crippen molar-refractivity contribution in [3.63, 3.8) is 0 Å². The number of amides is 1. The first-order valence-electron chi connectivity index (χ1n) is 10.9. The van der Waals surface area contributed by atoms with Gasteiger partial charge in [0, 0.05) is 36.1 Å². The van der Waals surface area contributed by atoms with E-state index in [4.69, 9.17) is 0 Å². The van der Waals surface area contributed by atoms with Crippen molar-refractivity contribution in [3.8, 4) is 22.5 Å². The van der Waals surface area contributed by atoms with Crippen LogP contribution >= 0.6 is 0 Å². The van der Waals surface area contributed by atoms with E-state index in [-0.39, 0.29) is 11.8 Å². The lowest BCUT2D eigenvalue weighted by Gasteiger charge is -2.23. The van der Waals surface area contributed by atoms with Crippen molar-refractivity contribution in [1.82, 2.24) is 20.2 Å². The van der Waals surface area contributed by atoms with Crippen LogP contribution < -0.4 is 4.90 Å². The molecule has 32 heavy (non-hydrogen) atoms. The number of nitrogens with zero attached hydrogens (tertiary/aromatic N) is 4. The summed E-state index contributed by atoms with van der Waals surface area (Å²) in [4.78, 5) is 24.1. The van der Waals surface area contributed by atoms with Crippen molar-refractivity contribution in [2.45, 2.75) is 26.7 Å². The lowest BCUT2D eigenvalue weighted by molar-refractivity contribution is -0.121. The molecular weight excluding hydrogens is 398 g/mol. The molecule has 0 aliphatic carbocycles. The molecule has 0 saturated heterocycles. The maximum Gasteiger partial charge on any atom is 0.230 e. The Labute approximate surface area is 187 Å². The van der Waals surface area contributed by atoms with Crippen LogP contribution in [0.2, 0.25) is 0 Å². The van der Waals surface area contributed by atoms with E-state index in [1.54, 1.807) is 12.4 Å². The van der Waals surface area contributed by atoms with Gasteiger partial charge in [-0.15, -0.1) is 0 Å². The van der Waals surface area contributed by atoms with E-state index in [0.29, 0.717) is 12.4 Å². The molecule has 0 unspecified atom stereocenters. The summed E-state index contributed by atoms with van der Waals surface area (Å²) in [6, 6.07) is 18.4. The van der Waals surface area contributed by atoms with Crippen LogP contribution in [0.5, 0.6) is 0 Å². The van der Waals surface area contributed by atoms with Crippen LogP contribution in [0.3, 0.4) is 0 Å². The lowest BCUT2D eigenvalue weighted by Crippen LogP contribution is -2.34. The van der Waals surface area contributed by atoms with E-state index in [2.05, 4.69) is 44.4 Å². The number of aromatic amines is 1. The number of carbonyl (C=O) groups excluding carboxylic acids is 1. The van der Waals surface area contributed by atoms with Crippen LogP contribution in [-0.4, -0.2) is 32.6 Å². The molecule has 0 bridgehead atoms. The number of aryl methyl sites for hydroxylation is 1. The number of aromatic nitrogens is 4. The minimum absolute atomic E-state index is 0.109. The smallest absolute Gasteiger partial charge is 0.230 e. The van der Waals surface area contributed by atoms with Gasteiger partial charge >= 0.3 is 0 Å². The average molecular weight is 424 g/mol. The van der Waals surface area contributed by atoms with Crippen molar-refractivity contribution >= 4 is 11.6 Å². The minimum Gasteiger partial charge on any atom is -0.312 e. The third kappa shape index (κ3) is 3.80. The highest BCUT2D eigenvalue weighted by atomic mass is 16.2. The first kappa shape index (κ1) is 20.1. The maximum absolute atomic E-state index is 13.5. The molecule has 2 aromatic heterocycles. The van der Waals surface area contributed by atoms with E-state index in [0.717, 1.165) is 46.6 Å². The second-order valence-corrected chi connectivity index (χ2v) is 8.33. The van der Waals surface area contributed by atoms with Gasteiger partial charge in [0.1, 0.15) is 5.82 Å². The molecule has 0 saturated carbocycles. The van der Waals surface area contributed by atoms with Gasteiger partial charge in [-0.1, -0.05) is 37.3 Å². The monoisotopic (exact) mass is 423 g/mol. The Morgan fingerprint density at radius 1 is 1.09 bits per heavy atom. The van der Waals surface area contributed by atoms with Crippen LogP contribution in [0.4, 0.5) is 5.69 Å². The Morgan fingerprint density at radius 2 is 1.88 bits per heavy atom. The average Bonchev–Trinajstić information content (AvgIpc) is 3.45. The minimum atomic E-state index is -0.109. The number of hydrogen-bond acceptors (Lipinski definition) is 4. The summed E-state index contributed by atoms with van der Waals surface area (Å²) >= 11 is 0. The third-order valence-corrected chi connectivity index (χ3v) is 6.03. The van der Waals surface area contributed by atoms with Crippen LogP contribution in [0, 0.1) is 12.8 Å². The number of fused-ring (bicyclic) bond motifs is 1. The number of benzene rings is 2. The first-order valence-corrected chi connectivity index (χ1v) is 10.9. The van der Waals surface area contributed by atoms with Crippen LogP contribution in [0.15, 0.2) is 67.0 Å². The normalized spacial score (nSPS) is 13.8. The molecule has 1 amide bonds. The highest BCUT2D eigenvalue weighted by Crippen LogP contribution is 2.40. The standard InChI is InChI=1S/C26H25N5O/c1-17(14-19-6-4-3-5-7-19)26(32)31-13-10-22-23(25-28-18(2)29-30-25)15-21(16-24(22)31)20-8-11-27-12-9-20/h3-9,11-12,15-17H,10,13-14H2,1-2H3,(H,28,29,30)/t17-/m0/s1. The number of anilines is 1. The summed E-state index contributed by atoms with van der Waals surface area (Å²) in [7, 11) is 0. The largest absolute Gasteiger partial charge is 0.312 e. The molecule has 1 N–H and O–H groups in total. The van der Waals surface area contributed by atoms with E-state index >= 15 is 0 Å². The second-order valence-electron chi connectivity index (χ2n) is 8.33. The highest BCUT2D eigenvalue weighted by Gasteiger charge is 2.31. The number of pyridine rings is 1. The quantitative estimate of drug-likeness (QED) is 0.509. The van der Waals surface area contributed by atoms with Crippen LogP contribution in [0.25, 0.3) is 22.5 Å². The topological polar surface area (TPSA) is 74.8 Å². The SMILES string of the molecule is Cc1nc(-c2cc(-c3ccncc3)cc3c2CCN3C(=O)[C@@H](C)Cc2ccccc2)n[nH]1. The molecule has 3 heterocycles. The molecule has 1 aliphatic rings. The zero-order valence-corrected chi connectivity index (χ0v) is 18.2. The number of H-pyrrole nitrogens is 1. The summed E-state index contributed by atoms with van der Waals surface area (Å²) in [5.41, 5.74) is 6.32. The predicted octanol–water partition coefficient (Wildman–Crippen LogP) is 4.61. The predicted molar refractivity (Wildman–Crippen MR) is 125 cm³/mol. The molecule has 6 heteroatoms. The zero-order chi connectivity index (χ0) is 22.1. The molecule has 0 radical (unpaired) electrons. The molecule has 5 rings (SSSR count). The third-order valence-electron chi connectivity index (χ3n) is 6.03. The molecule has 1 aliphatic heterocycles. The van der Waals surface area contributed by atoms with Crippen molar-refractivity contribution in [3.05, 3.63) is 83.9 Å². The fourth-order valence-electron chi connectivity index (χ4n) is 4.43. The molecule has 0 spiro atoms. The first-order chi connectivity index (χ1) is 15.6. The van der Waals surface area contributed by atoms with Gasteiger partial charge in [-0.2, -0.15) is 5.10 Å². The Bertz CT molecular complexity index is 1250. The molecular formula is C26H25N5O. The van der Waals surface area contributed by atoms with E-state index in [9.17, 15) is 4.79 Å². The van der Waals surface area contributed by atoms with E-state index in [1.807, 2.05) is 49.1 Å². The summed E-state index contributed by atoms with van der Waals surface area (Å²) in [5.74, 6) is 1.48. The van der Waals surface area contributed by atoms with Gasteiger partial charge in [-0.25, -0.2) is 4.98 Å². The number of hydrogen-bond donors (Lipinski definition) is 1. The molecule has 2 aromatic carbocycles. The number of rotatable bonds is 5. The molecule has 1 atom stereocenters. The van der Waals surface area contributed by atoms with E-state index in [1.165, 1.54) is 5.56 Å². The number of carbonyl (C=O) groups is 1. The van der Waals surface area contributed by atoms with Gasteiger partial charge in [-0.3, -0.25) is 14.9 Å². The molecule has 160 valence electrons. The fourth-order valence-corrected chi connectivity index (χ4v) is 4.43. The second kappa shape index (κ2) is 8.38. The van der Waals surface area contributed by atoms with Gasteiger partial charge < -0.3 is 4.90 Å². The Balaban J connectivity index is 1.54. The lowest BCUT2D eigenvalue weighted by atomic mass is 9.96. The molecule has 0 fully saturated rings. The Hall–Kier alpha value is -3.80. The van der Waals surface area contributed by atoms with Gasteiger partial charge in [0.15, 0.2) is 5.82 Å². The van der Waals surface area contributed by atoms with Crippen molar-refractivity contribution in [2.24, 2.45) is 5.92 Å². The highest BCUT2D eigenvalue weighted by molar-refractivity contribution is 5.99. The van der Waals surface area contributed by atoms with Crippen molar-refractivity contribution in [2.75, 3.05) is 11.4 Å². The maximum atomic E-state index is 13.5. The molecule has 4 aromatic rings. The summed E-state index contributed by atoms with van der Waals surface area (Å²) < 4.78 is 0. The summed E-state index contributed by atoms with van der Waals surface area (Å²) in [6.45, 7) is 4.58. The molecule has 6 nitrogen and oxygen atoms in total. The van der Waals surface area contributed by atoms with Crippen LogP contribution in [0.1, 0.15) is 23.9 Å². The van der Waals surface area contributed by atoms with Crippen LogP contribution in [-0.2, 0) is 17.6 Å². The summed E-state index contributed by atoms with van der Waals surface area (Å²) in [6.07, 6.45) is 5.08. The van der Waals surface area contributed by atoms with Crippen molar-refractivity contribution < 1.29 is 4.79 Å². The van der Waals surface area contributed by atoms with Gasteiger partial charge in [-0.05, 0) is 66.3 Å². The number of nitrogens with one attached hydrogen (secondary N) is 1. The van der Waals surface area contributed by atoms with Gasteiger partial charge in [0.2, 0.25) is 5.91 Å². The van der Waals surface area contributed by atoms with Gasteiger partial charge in [0.25, 0.3) is 0 Å².